The molecule has 0 fully saturated rings. The molecule has 2 N–H and O–H groups in total. The fourth-order valence-corrected chi connectivity index (χ4v) is 2.86. The Kier molecular flexibility index (Phi) is 6.01. The molecule has 0 aliphatic heterocycles. The van der Waals surface area contributed by atoms with Gasteiger partial charge in [0.15, 0.2) is 11.6 Å². The zero-order valence-electron chi connectivity index (χ0n) is 16.0. The van der Waals surface area contributed by atoms with E-state index >= 15 is 0 Å². The van der Waals surface area contributed by atoms with E-state index in [1.807, 2.05) is 30.7 Å². The van der Waals surface area contributed by atoms with Gasteiger partial charge >= 0.3 is 0 Å². The van der Waals surface area contributed by atoms with Gasteiger partial charge < -0.3 is 10.6 Å². The molecule has 0 aliphatic carbocycles. The molecule has 0 saturated heterocycles. The normalized spacial score (nSPS) is 10.6. The molecular weight excluding hydrogens is 378 g/mol. The van der Waals surface area contributed by atoms with Crippen molar-refractivity contribution < 1.29 is 18.4 Å². The molecule has 8 heteroatoms. The summed E-state index contributed by atoms with van der Waals surface area (Å²) in [5, 5.41) is 9.31. The molecule has 0 saturated carbocycles. The van der Waals surface area contributed by atoms with Crippen LogP contribution in [0.4, 0.5) is 14.5 Å². The van der Waals surface area contributed by atoms with Gasteiger partial charge in [-0.25, -0.2) is 8.78 Å². The second kappa shape index (κ2) is 8.64. The Bertz CT molecular complexity index is 1060. The SMILES string of the molecule is Cc1cc(C)n(Cc2cccc(C(=O)NCC(=O)Nc3ccc(F)c(F)c3)c2)n1. The second-order valence-corrected chi connectivity index (χ2v) is 6.64. The summed E-state index contributed by atoms with van der Waals surface area (Å²) in [7, 11) is 0. The number of aryl methyl sites for hydroxylation is 2. The fourth-order valence-electron chi connectivity index (χ4n) is 2.86. The van der Waals surface area contributed by atoms with Crippen molar-refractivity contribution in [1.82, 2.24) is 15.1 Å². The van der Waals surface area contributed by atoms with Crippen LogP contribution in [0.25, 0.3) is 0 Å². The summed E-state index contributed by atoms with van der Waals surface area (Å²) in [6.07, 6.45) is 0. The minimum atomic E-state index is -1.06. The van der Waals surface area contributed by atoms with Crippen LogP contribution in [0.3, 0.4) is 0 Å². The van der Waals surface area contributed by atoms with Crippen molar-refractivity contribution in [3.8, 4) is 0 Å². The van der Waals surface area contributed by atoms with E-state index in [9.17, 15) is 18.4 Å². The largest absolute Gasteiger partial charge is 0.343 e. The number of nitrogens with zero attached hydrogens (tertiary/aromatic N) is 2. The smallest absolute Gasteiger partial charge is 0.251 e. The van der Waals surface area contributed by atoms with Gasteiger partial charge in [-0.2, -0.15) is 5.10 Å². The zero-order chi connectivity index (χ0) is 21.0. The Balaban J connectivity index is 1.58. The van der Waals surface area contributed by atoms with Crippen molar-refractivity contribution in [3.05, 3.63) is 82.7 Å². The van der Waals surface area contributed by atoms with E-state index in [2.05, 4.69) is 15.7 Å². The average Bonchev–Trinajstić information content (AvgIpc) is 3.00. The summed E-state index contributed by atoms with van der Waals surface area (Å²) in [4.78, 5) is 24.3. The van der Waals surface area contributed by atoms with Crippen molar-refractivity contribution in [3.63, 3.8) is 0 Å². The van der Waals surface area contributed by atoms with Crippen LogP contribution >= 0.6 is 0 Å². The molecule has 29 heavy (non-hydrogen) atoms. The van der Waals surface area contributed by atoms with Gasteiger partial charge in [-0.1, -0.05) is 12.1 Å². The quantitative estimate of drug-likeness (QED) is 0.670. The van der Waals surface area contributed by atoms with Gasteiger partial charge in [0.2, 0.25) is 5.91 Å². The lowest BCUT2D eigenvalue weighted by atomic mass is 10.1. The number of benzene rings is 2. The van der Waals surface area contributed by atoms with Gasteiger partial charge in [-0.05, 0) is 49.7 Å². The van der Waals surface area contributed by atoms with Gasteiger partial charge in [-0.3, -0.25) is 14.3 Å². The highest BCUT2D eigenvalue weighted by Crippen LogP contribution is 2.13. The topological polar surface area (TPSA) is 76.0 Å². The Morgan fingerprint density at radius 3 is 2.52 bits per heavy atom. The molecule has 3 aromatic rings. The van der Waals surface area contributed by atoms with Gasteiger partial charge in [0.1, 0.15) is 0 Å². The van der Waals surface area contributed by atoms with Crippen LogP contribution in [0, 0.1) is 25.5 Å². The van der Waals surface area contributed by atoms with Crippen LogP contribution in [0.5, 0.6) is 0 Å². The van der Waals surface area contributed by atoms with Gasteiger partial charge in [0.05, 0.1) is 18.8 Å². The van der Waals surface area contributed by atoms with E-state index in [1.165, 1.54) is 6.07 Å². The third kappa shape index (κ3) is 5.25. The van der Waals surface area contributed by atoms with Crippen LogP contribution < -0.4 is 10.6 Å². The molecule has 2 amide bonds. The van der Waals surface area contributed by atoms with E-state index in [0.717, 1.165) is 29.1 Å². The van der Waals surface area contributed by atoms with Gasteiger partial charge in [0, 0.05) is 23.0 Å². The lowest BCUT2D eigenvalue weighted by molar-refractivity contribution is -0.115. The molecular formula is C21H20F2N4O2. The number of halogens is 2. The Labute approximate surface area is 166 Å². The second-order valence-electron chi connectivity index (χ2n) is 6.64. The minimum Gasteiger partial charge on any atom is -0.343 e. The number of hydrogen-bond donors (Lipinski definition) is 2. The van der Waals surface area contributed by atoms with E-state index in [0.29, 0.717) is 12.1 Å². The summed E-state index contributed by atoms with van der Waals surface area (Å²) in [5.74, 6) is -3.04. The molecule has 0 atom stereocenters. The first-order chi connectivity index (χ1) is 13.8. The third-order valence-corrected chi connectivity index (χ3v) is 4.24. The van der Waals surface area contributed by atoms with E-state index < -0.39 is 23.4 Å². The average molecular weight is 398 g/mol. The first-order valence-corrected chi connectivity index (χ1v) is 8.95. The summed E-state index contributed by atoms with van der Waals surface area (Å²) in [6, 6.07) is 12.0. The van der Waals surface area contributed by atoms with E-state index in [-0.39, 0.29) is 12.2 Å². The predicted octanol–water partition coefficient (Wildman–Crippen LogP) is 3.19. The molecule has 0 unspecified atom stereocenters. The van der Waals surface area contributed by atoms with Gasteiger partial charge in [-0.15, -0.1) is 0 Å². The molecule has 6 nitrogen and oxygen atoms in total. The monoisotopic (exact) mass is 398 g/mol. The molecule has 1 heterocycles. The highest BCUT2D eigenvalue weighted by Gasteiger charge is 2.11. The predicted molar refractivity (Wildman–Crippen MR) is 105 cm³/mol. The van der Waals surface area contributed by atoms with Crippen LogP contribution in [0.15, 0.2) is 48.5 Å². The van der Waals surface area contributed by atoms with E-state index in [1.54, 1.807) is 18.2 Å². The first kappa shape index (κ1) is 20.2. The molecule has 3 rings (SSSR count). The number of nitrogens with one attached hydrogen (secondary N) is 2. The van der Waals surface area contributed by atoms with Gasteiger partial charge in [0.25, 0.3) is 5.91 Å². The van der Waals surface area contributed by atoms with Crippen molar-refractivity contribution in [2.24, 2.45) is 0 Å². The molecule has 1 aromatic heterocycles. The fraction of sp³-hybridized carbons (Fsp3) is 0.190. The highest BCUT2D eigenvalue weighted by molar-refractivity contribution is 5.99. The summed E-state index contributed by atoms with van der Waals surface area (Å²) in [6.45, 7) is 4.10. The number of carbonyl (C=O) groups is 2. The number of anilines is 1. The number of hydrogen-bond acceptors (Lipinski definition) is 3. The standard InChI is InChI=1S/C21H20F2N4O2/c1-13-8-14(2)27(26-13)12-15-4-3-5-16(9-15)21(29)24-11-20(28)25-17-6-7-18(22)19(23)10-17/h3-10H,11-12H2,1-2H3,(H,24,29)(H,25,28). The van der Waals surface area contributed by atoms with Crippen LogP contribution in [-0.4, -0.2) is 28.1 Å². The zero-order valence-corrected chi connectivity index (χ0v) is 16.0. The first-order valence-electron chi connectivity index (χ1n) is 8.95. The maximum Gasteiger partial charge on any atom is 0.251 e. The van der Waals surface area contributed by atoms with E-state index in [4.69, 9.17) is 0 Å². The number of rotatable bonds is 6. The Morgan fingerprint density at radius 1 is 1.03 bits per heavy atom. The lowest BCUT2D eigenvalue weighted by Gasteiger charge is -2.09. The molecule has 0 radical (unpaired) electrons. The number of amides is 2. The minimum absolute atomic E-state index is 0.107. The highest BCUT2D eigenvalue weighted by atomic mass is 19.2. The maximum absolute atomic E-state index is 13.2. The van der Waals surface area contributed by atoms with Crippen LogP contribution in [-0.2, 0) is 11.3 Å². The van der Waals surface area contributed by atoms with Crippen molar-refractivity contribution in [1.29, 1.82) is 0 Å². The third-order valence-electron chi connectivity index (χ3n) is 4.24. The Hall–Kier alpha value is -3.55. The number of carbonyl (C=O) groups excluding carboxylic acids is 2. The molecule has 0 bridgehead atoms. The molecule has 0 spiro atoms. The molecule has 0 aliphatic rings. The summed E-state index contributed by atoms with van der Waals surface area (Å²) >= 11 is 0. The number of aromatic nitrogens is 2. The van der Waals surface area contributed by atoms with Crippen molar-refractivity contribution >= 4 is 17.5 Å². The Morgan fingerprint density at radius 2 is 1.83 bits per heavy atom. The molecule has 150 valence electrons. The molecule has 2 aromatic carbocycles. The van der Waals surface area contributed by atoms with Crippen molar-refractivity contribution in [2.45, 2.75) is 20.4 Å². The maximum atomic E-state index is 13.2. The summed E-state index contributed by atoms with van der Waals surface area (Å²) < 4.78 is 28.0. The lowest BCUT2D eigenvalue weighted by Crippen LogP contribution is -2.32. The van der Waals surface area contributed by atoms with Crippen molar-refractivity contribution in [2.75, 3.05) is 11.9 Å². The van der Waals surface area contributed by atoms with Crippen LogP contribution in [0.2, 0.25) is 0 Å². The summed E-state index contributed by atoms with van der Waals surface area (Å²) in [5.41, 5.74) is 3.35. The van der Waals surface area contributed by atoms with Crippen LogP contribution in [0.1, 0.15) is 27.3 Å².